The summed E-state index contributed by atoms with van der Waals surface area (Å²) in [5.74, 6) is -0.101. The first-order chi connectivity index (χ1) is 7.75. The van der Waals surface area contributed by atoms with E-state index in [0.29, 0.717) is 12.2 Å². The second kappa shape index (κ2) is 11.3. The van der Waals surface area contributed by atoms with Gasteiger partial charge in [0.25, 0.3) is 5.91 Å². The first-order valence-corrected chi connectivity index (χ1v) is 5.66. The van der Waals surface area contributed by atoms with Crippen molar-refractivity contribution in [3.8, 4) is 0 Å². The summed E-state index contributed by atoms with van der Waals surface area (Å²) in [6.45, 7) is 6.42. The number of nitrogens with one attached hydrogen (secondary N) is 2. The summed E-state index contributed by atoms with van der Waals surface area (Å²) in [6, 6.07) is 3.71. The Kier molecular flexibility index (Phi) is 12.2. The molecular weight excluding hydrogens is 273 g/mol. The van der Waals surface area contributed by atoms with Gasteiger partial charge in [-0.05, 0) is 31.5 Å². The molecule has 6 heteroatoms. The Morgan fingerprint density at radius 2 is 2.00 bits per heavy atom. The zero-order valence-electron chi connectivity index (χ0n) is 10.7. The lowest BCUT2D eigenvalue weighted by atomic mass is 10.2. The van der Waals surface area contributed by atoms with Crippen LogP contribution in [0, 0.1) is 6.92 Å². The molecule has 0 fully saturated rings. The van der Waals surface area contributed by atoms with Gasteiger partial charge in [0.2, 0.25) is 0 Å². The number of hydrogen-bond donors (Lipinski definition) is 2. The molecule has 0 saturated carbocycles. The van der Waals surface area contributed by atoms with Crippen molar-refractivity contribution in [1.82, 2.24) is 15.6 Å². The third-order valence-electron chi connectivity index (χ3n) is 2.24. The van der Waals surface area contributed by atoms with Crippen LogP contribution in [-0.4, -0.2) is 30.5 Å². The molecule has 0 aliphatic heterocycles. The van der Waals surface area contributed by atoms with Gasteiger partial charge in [0.05, 0.1) is 0 Å². The van der Waals surface area contributed by atoms with Gasteiger partial charge in [0.15, 0.2) is 0 Å². The number of pyridine rings is 1. The van der Waals surface area contributed by atoms with Crippen molar-refractivity contribution in [2.24, 2.45) is 0 Å². The van der Waals surface area contributed by atoms with Gasteiger partial charge in [0, 0.05) is 19.3 Å². The molecule has 0 aromatic carbocycles. The molecule has 0 bridgehead atoms. The van der Waals surface area contributed by atoms with Crippen LogP contribution in [0.15, 0.2) is 18.3 Å². The van der Waals surface area contributed by atoms with Crippen molar-refractivity contribution in [1.29, 1.82) is 0 Å². The van der Waals surface area contributed by atoms with Crippen LogP contribution >= 0.6 is 24.8 Å². The third-order valence-corrected chi connectivity index (χ3v) is 2.24. The SMILES string of the molecule is CCCNCCNC(=O)c1ncccc1C.Cl.Cl. The minimum atomic E-state index is -0.101. The second-order valence-electron chi connectivity index (χ2n) is 3.67. The highest BCUT2D eigenvalue weighted by Crippen LogP contribution is 2.01. The number of carbonyl (C=O) groups excluding carboxylic acids is 1. The van der Waals surface area contributed by atoms with Gasteiger partial charge >= 0.3 is 0 Å². The van der Waals surface area contributed by atoms with Crippen LogP contribution in [0.5, 0.6) is 0 Å². The zero-order valence-corrected chi connectivity index (χ0v) is 12.4. The molecule has 18 heavy (non-hydrogen) atoms. The Balaban J connectivity index is 0. The van der Waals surface area contributed by atoms with E-state index in [2.05, 4.69) is 22.5 Å². The molecule has 0 unspecified atom stereocenters. The van der Waals surface area contributed by atoms with Crippen molar-refractivity contribution < 1.29 is 4.79 Å². The van der Waals surface area contributed by atoms with E-state index in [9.17, 15) is 4.79 Å². The molecule has 0 radical (unpaired) electrons. The zero-order chi connectivity index (χ0) is 11.8. The van der Waals surface area contributed by atoms with Crippen LogP contribution in [0.4, 0.5) is 0 Å². The Morgan fingerprint density at radius 3 is 2.61 bits per heavy atom. The van der Waals surface area contributed by atoms with Crippen molar-refractivity contribution in [3.63, 3.8) is 0 Å². The van der Waals surface area contributed by atoms with Crippen LogP contribution in [0.25, 0.3) is 0 Å². The maximum atomic E-state index is 11.7. The monoisotopic (exact) mass is 293 g/mol. The van der Waals surface area contributed by atoms with Gasteiger partial charge in [0.1, 0.15) is 5.69 Å². The van der Waals surface area contributed by atoms with E-state index in [-0.39, 0.29) is 30.7 Å². The predicted molar refractivity (Wildman–Crippen MR) is 79.0 cm³/mol. The summed E-state index contributed by atoms with van der Waals surface area (Å²) >= 11 is 0. The first kappa shape index (κ1) is 19.5. The lowest BCUT2D eigenvalue weighted by molar-refractivity contribution is 0.0948. The fourth-order valence-electron chi connectivity index (χ4n) is 1.37. The Bertz CT molecular complexity index is 348. The van der Waals surface area contributed by atoms with Crippen molar-refractivity contribution >= 4 is 30.7 Å². The van der Waals surface area contributed by atoms with E-state index < -0.39 is 0 Å². The molecule has 0 aliphatic rings. The van der Waals surface area contributed by atoms with Crippen LogP contribution in [0.2, 0.25) is 0 Å². The molecule has 2 N–H and O–H groups in total. The number of nitrogens with zero attached hydrogens (tertiary/aromatic N) is 1. The molecule has 0 saturated heterocycles. The molecule has 1 amide bonds. The highest BCUT2D eigenvalue weighted by Gasteiger charge is 2.08. The molecule has 0 aliphatic carbocycles. The molecule has 104 valence electrons. The number of aromatic nitrogens is 1. The predicted octanol–water partition coefficient (Wildman–Crippen LogP) is 1.96. The summed E-state index contributed by atoms with van der Waals surface area (Å²) < 4.78 is 0. The number of carbonyl (C=O) groups is 1. The van der Waals surface area contributed by atoms with Gasteiger partial charge in [-0.1, -0.05) is 13.0 Å². The number of rotatable bonds is 6. The molecule has 4 nitrogen and oxygen atoms in total. The molecule has 0 atom stereocenters. The molecule has 0 spiro atoms. The van der Waals surface area contributed by atoms with Gasteiger partial charge in [-0.15, -0.1) is 24.8 Å². The van der Waals surface area contributed by atoms with Crippen LogP contribution in [0.1, 0.15) is 29.4 Å². The van der Waals surface area contributed by atoms with Gasteiger partial charge in [-0.3, -0.25) is 9.78 Å². The maximum Gasteiger partial charge on any atom is 0.270 e. The van der Waals surface area contributed by atoms with E-state index in [1.54, 1.807) is 6.20 Å². The van der Waals surface area contributed by atoms with Gasteiger partial charge in [-0.25, -0.2) is 0 Å². The third kappa shape index (κ3) is 6.79. The number of aryl methyl sites for hydroxylation is 1. The van der Waals surface area contributed by atoms with Crippen molar-refractivity contribution in [2.75, 3.05) is 19.6 Å². The number of amides is 1. The Labute approximate surface area is 121 Å². The molecule has 1 heterocycles. The minimum absolute atomic E-state index is 0. The van der Waals surface area contributed by atoms with Gasteiger partial charge < -0.3 is 10.6 Å². The van der Waals surface area contributed by atoms with E-state index >= 15 is 0 Å². The van der Waals surface area contributed by atoms with Crippen LogP contribution < -0.4 is 10.6 Å². The normalized spacial score (nSPS) is 9.00. The Hall–Kier alpha value is -0.840. The van der Waals surface area contributed by atoms with Gasteiger partial charge in [-0.2, -0.15) is 0 Å². The summed E-state index contributed by atoms with van der Waals surface area (Å²) in [6.07, 6.45) is 2.74. The molecule has 1 rings (SSSR count). The quantitative estimate of drug-likeness (QED) is 0.789. The standard InChI is InChI=1S/C12H19N3O.2ClH/c1-3-6-13-8-9-15-12(16)11-10(2)5-4-7-14-11;;/h4-5,7,13H,3,6,8-9H2,1-2H3,(H,15,16);2*1H. The first-order valence-electron chi connectivity index (χ1n) is 5.66. The highest BCUT2D eigenvalue weighted by atomic mass is 35.5. The van der Waals surface area contributed by atoms with E-state index in [1.807, 2.05) is 19.1 Å². The van der Waals surface area contributed by atoms with E-state index in [4.69, 9.17) is 0 Å². The lowest BCUT2D eigenvalue weighted by Crippen LogP contribution is -2.32. The largest absolute Gasteiger partial charge is 0.349 e. The second-order valence-corrected chi connectivity index (χ2v) is 3.67. The fraction of sp³-hybridized carbons (Fsp3) is 0.500. The molecular formula is C12H21Cl2N3O. The summed E-state index contributed by atoms with van der Waals surface area (Å²) in [4.78, 5) is 15.8. The van der Waals surface area contributed by atoms with Crippen LogP contribution in [-0.2, 0) is 0 Å². The van der Waals surface area contributed by atoms with E-state index in [1.165, 1.54) is 0 Å². The smallest absolute Gasteiger partial charge is 0.270 e. The average Bonchev–Trinajstić information content (AvgIpc) is 2.29. The number of halogens is 2. The van der Waals surface area contributed by atoms with Crippen molar-refractivity contribution in [2.45, 2.75) is 20.3 Å². The maximum absolute atomic E-state index is 11.7. The summed E-state index contributed by atoms with van der Waals surface area (Å²) in [5, 5.41) is 6.06. The minimum Gasteiger partial charge on any atom is -0.349 e. The highest BCUT2D eigenvalue weighted by molar-refractivity contribution is 5.93. The van der Waals surface area contributed by atoms with Crippen molar-refractivity contribution in [3.05, 3.63) is 29.6 Å². The lowest BCUT2D eigenvalue weighted by Gasteiger charge is -2.07. The fourth-order valence-corrected chi connectivity index (χ4v) is 1.37. The number of hydrogen-bond acceptors (Lipinski definition) is 3. The average molecular weight is 294 g/mol. The van der Waals surface area contributed by atoms with Crippen LogP contribution in [0.3, 0.4) is 0 Å². The summed E-state index contributed by atoms with van der Waals surface area (Å²) in [7, 11) is 0. The molecule has 1 aromatic heterocycles. The topological polar surface area (TPSA) is 54.0 Å². The summed E-state index contributed by atoms with van der Waals surface area (Å²) in [5.41, 5.74) is 1.42. The Morgan fingerprint density at radius 1 is 1.28 bits per heavy atom. The molecule has 1 aromatic rings. The van der Waals surface area contributed by atoms with E-state index in [0.717, 1.165) is 25.1 Å².